The molecule has 0 aromatic carbocycles. The van der Waals surface area contributed by atoms with Gasteiger partial charge in [-0.2, -0.15) is 4.98 Å². The van der Waals surface area contributed by atoms with Crippen LogP contribution in [0.2, 0.25) is 0 Å². The molecule has 0 bridgehead atoms. The molecule has 112 valence electrons. The third-order valence-corrected chi connectivity index (χ3v) is 4.54. The SMILES string of the molecule is O=C(CCc1nc(-c2cccs2)no1)N1CCC[C@@H]1CO. The molecule has 2 aromatic heterocycles. The number of aliphatic hydroxyl groups excluding tert-OH is 1. The van der Waals surface area contributed by atoms with Crippen molar-refractivity contribution in [2.45, 2.75) is 31.7 Å². The zero-order valence-electron chi connectivity index (χ0n) is 11.6. The predicted molar refractivity (Wildman–Crippen MR) is 77.8 cm³/mol. The van der Waals surface area contributed by atoms with E-state index in [1.54, 1.807) is 16.2 Å². The van der Waals surface area contributed by atoms with E-state index in [4.69, 9.17) is 4.52 Å². The normalized spacial score (nSPS) is 18.3. The lowest BCUT2D eigenvalue weighted by Crippen LogP contribution is -2.37. The van der Waals surface area contributed by atoms with Crippen molar-refractivity contribution in [3.05, 3.63) is 23.4 Å². The first-order valence-electron chi connectivity index (χ1n) is 7.04. The third-order valence-electron chi connectivity index (χ3n) is 3.67. The van der Waals surface area contributed by atoms with Crippen molar-refractivity contribution >= 4 is 17.2 Å². The summed E-state index contributed by atoms with van der Waals surface area (Å²) in [6.07, 6.45) is 2.61. The van der Waals surface area contributed by atoms with Gasteiger partial charge in [0.1, 0.15) is 0 Å². The first kappa shape index (κ1) is 14.2. The molecule has 0 unspecified atom stereocenters. The van der Waals surface area contributed by atoms with E-state index in [1.807, 2.05) is 17.5 Å². The van der Waals surface area contributed by atoms with Crippen LogP contribution in [-0.4, -0.2) is 45.2 Å². The van der Waals surface area contributed by atoms with Crippen molar-refractivity contribution in [3.8, 4) is 10.7 Å². The topological polar surface area (TPSA) is 79.5 Å². The van der Waals surface area contributed by atoms with Gasteiger partial charge in [-0.1, -0.05) is 11.2 Å². The molecule has 1 atom stereocenters. The lowest BCUT2D eigenvalue weighted by Gasteiger charge is -2.22. The molecule has 7 heteroatoms. The van der Waals surface area contributed by atoms with Crippen molar-refractivity contribution in [2.75, 3.05) is 13.2 Å². The summed E-state index contributed by atoms with van der Waals surface area (Å²) in [6.45, 7) is 0.767. The van der Waals surface area contributed by atoms with Crippen LogP contribution in [0.4, 0.5) is 0 Å². The minimum atomic E-state index is -0.0261. The number of aliphatic hydroxyl groups is 1. The van der Waals surface area contributed by atoms with E-state index >= 15 is 0 Å². The van der Waals surface area contributed by atoms with E-state index in [9.17, 15) is 9.90 Å². The summed E-state index contributed by atoms with van der Waals surface area (Å²) in [6, 6.07) is 3.84. The molecule has 21 heavy (non-hydrogen) atoms. The van der Waals surface area contributed by atoms with Crippen LogP contribution in [0.25, 0.3) is 10.7 Å². The summed E-state index contributed by atoms with van der Waals surface area (Å²) in [4.78, 5) is 19.2. The number of nitrogens with zero attached hydrogens (tertiary/aromatic N) is 3. The average Bonchev–Trinajstić information content (AvgIpc) is 3.24. The number of aryl methyl sites for hydroxylation is 1. The highest BCUT2D eigenvalue weighted by Crippen LogP contribution is 2.22. The second kappa shape index (κ2) is 6.36. The Bertz CT molecular complexity index is 596. The molecule has 1 amide bonds. The number of likely N-dealkylation sites (tertiary alicyclic amines) is 1. The Morgan fingerprint density at radius 3 is 3.24 bits per heavy atom. The first-order chi connectivity index (χ1) is 10.3. The fourth-order valence-electron chi connectivity index (χ4n) is 2.57. The number of carbonyl (C=O) groups is 1. The molecule has 3 heterocycles. The second-order valence-electron chi connectivity index (χ2n) is 5.05. The lowest BCUT2D eigenvalue weighted by molar-refractivity contribution is -0.132. The lowest BCUT2D eigenvalue weighted by atomic mass is 10.2. The van der Waals surface area contributed by atoms with E-state index in [1.165, 1.54) is 0 Å². The molecule has 1 aliphatic heterocycles. The highest BCUT2D eigenvalue weighted by atomic mass is 32.1. The molecular formula is C14H17N3O3S. The number of thiophene rings is 1. The molecule has 6 nitrogen and oxygen atoms in total. The fraction of sp³-hybridized carbons (Fsp3) is 0.500. The van der Waals surface area contributed by atoms with Crippen molar-refractivity contribution in [1.82, 2.24) is 15.0 Å². The highest BCUT2D eigenvalue weighted by molar-refractivity contribution is 7.13. The standard InChI is InChI=1S/C14H17N3O3S/c18-9-10-3-1-7-17(10)13(19)6-5-12-15-14(16-20-12)11-4-2-8-21-11/h2,4,8,10,18H,1,3,5-7,9H2/t10-/m1/s1. The Labute approximate surface area is 126 Å². The molecule has 0 saturated carbocycles. The Kier molecular flexibility index (Phi) is 4.31. The minimum absolute atomic E-state index is 0.0261. The van der Waals surface area contributed by atoms with Crippen LogP contribution in [0.3, 0.4) is 0 Å². The van der Waals surface area contributed by atoms with Gasteiger partial charge in [0.2, 0.25) is 17.6 Å². The van der Waals surface area contributed by atoms with Crippen LogP contribution in [0.15, 0.2) is 22.0 Å². The zero-order chi connectivity index (χ0) is 14.7. The molecule has 1 fully saturated rings. The van der Waals surface area contributed by atoms with Gasteiger partial charge in [-0.15, -0.1) is 11.3 Å². The summed E-state index contributed by atoms with van der Waals surface area (Å²) < 4.78 is 5.18. The van der Waals surface area contributed by atoms with Gasteiger partial charge >= 0.3 is 0 Å². The van der Waals surface area contributed by atoms with E-state index in [-0.39, 0.29) is 18.6 Å². The Morgan fingerprint density at radius 2 is 2.48 bits per heavy atom. The van der Waals surface area contributed by atoms with E-state index in [2.05, 4.69) is 10.1 Å². The molecule has 2 aromatic rings. The summed E-state index contributed by atoms with van der Waals surface area (Å²) in [7, 11) is 0. The van der Waals surface area contributed by atoms with Crippen molar-refractivity contribution in [2.24, 2.45) is 0 Å². The van der Waals surface area contributed by atoms with Gasteiger partial charge in [-0.3, -0.25) is 4.79 Å². The maximum absolute atomic E-state index is 12.2. The van der Waals surface area contributed by atoms with Crippen molar-refractivity contribution in [3.63, 3.8) is 0 Å². The molecule has 0 radical (unpaired) electrons. The Balaban J connectivity index is 1.57. The first-order valence-corrected chi connectivity index (χ1v) is 7.92. The van der Waals surface area contributed by atoms with Crippen LogP contribution in [0, 0.1) is 0 Å². The number of amides is 1. The summed E-state index contributed by atoms with van der Waals surface area (Å²) in [5.41, 5.74) is 0. The summed E-state index contributed by atoms with van der Waals surface area (Å²) in [5.74, 6) is 1.09. The monoisotopic (exact) mass is 307 g/mol. The molecule has 3 rings (SSSR count). The van der Waals surface area contributed by atoms with Crippen molar-refractivity contribution in [1.29, 1.82) is 0 Å². The number of carbonyl (C=O) groups excluding carboxylic acids is 1. The second-order valence-corrected chi connectivity index (χ2v) is 6.00. The van der Waals surface area contributed by atoms with Gasteiger partial charge < -0.3 is 14.5 Å². The van der Waals surface area contributed by atoms with E-state index in [0.717, 1.165) is 24.3 Å². The van der Waals surface area contributed by atoms with Gasteiger partial charge in [-0.05, 0) is 24.3 Å². The van der Waals surface area contributed by atoms with Crippen LogP contribution >= 0.6 is 11.3 Å². The zero-order valence-corrected chi connectivity index (χ0v) is 12.4. The highest BCUT2D eigenvalue weighted by Gasteiger charge is 2.27. The van der Waals surface area contributed by atoms with Gasteiger partial charge in [0.15, 0.2) is 0 Å². The fourth-order valence-corrected chi connectivity index (χ4v) is 3.22. The molecular weight excluding hydrogens is 290 g/mol. The largest absolute Gasteiger partial charge is 0.394 e. The van der Waals surface area contributed by atoms with Gasteiger partial charge in [0.25, 0.3) is 0 Å². The average molecular weight is 307 g/mol. The number of hydrogen-bond acceptors (Lipinski definition) is 6. The molecule has 1 saturated heterocycles. The van der Waals surface area contributed by atoms with Gasteiger partial charge in [0.05, 0.1) is 17.5 Å². The maximum Gasteiger partial charge on any atom is 0.227 e. The summed E-state index contributed by atoms with van der Waals surface area (Å²) >= 11 is 1.55. The van der Waals surface area contributed by atoms with E-state index < -0.39 is 0 Å². The maximum atomic E-state index is 12.2. The van der Waals surface area contributed by atoms with Crippen LogP contribution in [0.1, 0.15) is 25.2 Å². The van der Waals surface area contributed by atoms with Gasteiger partial charge in [0, 0.05) is 19.4 Å². The quantitative estimate of drug-likeness (QED) is 0.909. The minimum Gasteiger partial charge on any atom is -0.394 e. The molecule has 1 N–H and O–H groups in total. The van der Waals surface area contributed by atoms with Crippen LogP contribution < -0.4 is 0 Å². The Hall–Kier alpha value is -1.73. The van der Waals surface area contributed by atoms with Crippen LogP contribution in [0.5, 0.6) is 0 Å². The number of aromatic nitrogens is 2. The third kappa shape index (κ3) is 3.14. The van der Waals surface area contributed by atoms with E-state index in [0.29, 0.717) is 24.6 Å². The van der Waals surface area contributed by atoms with Crippen molar-refractivity contribution < 1.29 is 14.4 Å². The molecule has 1 aliphatic rings. The van der Waals surface area contributed by atoms with Gasteiger partial charge in [-0.25, -0.2) is 0 Å². The number of hydrogen-bond donors (Lipinski definition) is 1. The smallest absolute Gasteiger partial charge is 0.227 e. The molecule has 0 aliphatic carbocycles. The number of rotatable bonds is 5. The predicted octanol–water partition coefficient (Wildman–Crippen LogP) is 1.71. The van der Waals surface area contributed by atoms with Crippen LogP contribution in [-0.2, 0) is 11.2 Å². The Morgan fingerprint density at radius 1 is 1.57 bits per heavy atom. The molecule has 0 spiro atoms. The summed E-state index contributed by atoms with van der Waals surface area (Å²) in [5, 5.41) is 15.1.